The Labute approximate surface area is 101 Å². The van der Waals surface area contributed by atoms with Gasteiger partial charge in [0.25, 0.3) is 0 Å². The Kier molecular flexibility index (Phi) is 3.76. The monoisotopic (exact) mass is 294 g/mol. The molecule has 0 amide bonds. The highest BCUT2D eigenvalue weighted by Crippen LogP contribution is 2.37. The molecule has 1 saturated carbocycles. The molecular formula is C11H19BrO2S. The van der Waals surface area contributed by atoms with E-state index in [-0.39, 0.29) is 0 Å². The molecule has 0 aromatic heterocycles. The second-order valence-electron chi connectivity index (χ2n) is 5.01. The summed E-state index contributed by atoms with van der Waals surface area (Å²) in [4.78, 5) is 0.440. The van der Waals surface area contributed by atoms with Crippen LogP contribution in [0.5, 0.6) is 0 Å². The first kappa shape index (κ1) is 11.9. The summed E-state index contributed by atoms with van der Waals surface area (Å²) in [7, 11) is -2.71. The molecular weight excluding hydrogens is 276 g/mol. The van der Waals surface area contributed by atoms with E-state index in [4.69, 9.17) is 0 Å². The molecule has 1 saturated heterocycles. The largest absolute Gasteiger partial charge is 0.229 e. The molecule has 0 aromatic rings. The van der Waals surface area contributed by atoms with E-state index in [2.05, 4.69) is 15.9 Å². The molecule has 0 N–H and O–H groups in total. The predicted octanol–water partition coefficient (Wildman–Crippen LogP) is 2.76. The molecule has 88 valence electrons. The van der Waals surface area contributed by atoms with Crippen LogP contribution in [0, 0.1) is 11.8 Å². The minimum Gasteiger partial charge on any atom is -0.229 e. The van der Waals surface area contributed by atoms with Gasteiger partial charge >= 0.3 is 0 Å². The van der Waals surface area contributed by atoms with Crippen molar-refractivity contribution in [2.45, 2.75) is 43.4 Å². The number of sulfone groups is 1. The zero-order chi connectivity index (χ0) is 10.9. The van der Waals surface area contributed by atoms with Gasteiger partial charge in [-0.15, -0.1) is 0 Å². The van der Waals surface area contributed by atoms with E-state index in [1.807, 2.05) is 0 Å². The lowest BCUT2D eigenvalue weighted by atomic mass is 9.82. The normalized spacial score (nSPS) is 34.1. The van der Waals surface area contributed by atoms with Crippen molar-refractivity contribution in [2.24, 2.45) is 11.8 Å². The molecule has 2 aliphatic rings. The van der Waals surface area contributed by atoms with E-state index in [1.165, 1.54) is 32.1 Å². The number of halogens is 1. The molecule has 1 aliphatic carbocycles. The minimum atomic E-state index is -2.71. The van der Waals surface area contributed by atoms with Crippen LogP contribution in [-0.4, -0.2) is 24.8 Å². The van der Waals surface area contributed by atoms with Gasteiger partial charge in [0.15, 0.2) is 9.84 Å². The van der Waals surface area contributed by atoms with Crippen molar-refractivity contribution in [1.29, 1.82) is 0 Å². The zero-order valence-electron chi connectivity index (χ0n) is 8.99. The van der Waals surface area contributed by atoms with Gasteiger partial charge in [-0.2, -0.15) is 0 Å². The third kappa shape index (κ3) is 2.96. The van der Waals surface area contributed by atoms with E-state index < -0.39 is 9.84 Å². The Morgan fingerprint density at radius 2 is 1.67 bits per heavy atom. The van der Waals surface area contributed by atoms with Gasteiger partial charge in [0.1, 0.15) is 0 Å². The molecule has 0 bridgehead atoms. The zero-order valence-corrected chi connectivity index (χ0v) is 11.4. The molecule has 1 heterocycles. The Morgan fingerprint density at radius 1 is 1.00 bits per heavy atom. The summed E-state index contributed by atoms with van der Waals surface area (Å²) < 4.78 is 22.8. The van der Waals surface area contributed by atoms with Crippen LogP contribution in [0.15, 0.2) is 0 Å². The maximum atomic E-state index is 11.4. The summed E-state index contributed by atoms with van der Waals surface area (Å²) in [6, 6.07) is 0. The lowest BCUT2D eigenvalue weighted by Crippen LogP contribution is -2.26. The van der Waals surface area contributed by atoms with Crippen molar-refractivity contribution in [3.05, 3.63) is 0 Å². The molecule has 1 aliphatic heterocycles. The minimum absolute atomic E-state index is 0.373. The topological polar surface area (TPSA) is 34.1 Å². The van der Waals surface area contributed by atoms with E-state index in [1.54, 1.807) is 0 Å². The predicted molar refractivity (Wildman–Crippen MR) is 66.1 cm³/mol. The summed E-state index contributed by atoms with van der Waals surface area (Å²) in [5.41, 5.74) is 0. The molecule has 0 aromatic carbocycles. The van der Waals surface area contributed by atoms with E-state index in [9.17, 15) is 8.42 Å². The van der Waals surface area contributed by atoms with Gasteiger partial charge in [-0.3, -0.25) is 0 Å². The molecule has 2 rings (SSSR count). The third-order valence-corrected chi connectivity index (χ3v) is 7.11. The van der Waals surface area contributed by atoms with Gasteiger partial charge in [0.2, 0.25) is 0 Å². The van der Waals surface area contributed by atoms with E-state index in [0.717, 1.165) is 12.3 Å². The summed E-state index contributed by atoms with van der Waals surface area (Å²) in [5.74, 6) is 1.92. The lowest BCUT2D eigenvalue weighted by Gasteiger charge is -2.29. The van der Waals surface area contributed by atoms with Crippen LogP contribution in [0.2, 0.25) is 0 Å². The molecule has 2 nitrogen and oxygen atoms in total. The van der Waals surface area contributed by atoms with Gasteiger partial charge in [0, 0.05) is 4.83 Å². The van der Waals surface area contributed by atoms with Gasteiger partial charge in [-0.05, 0) is 31.1 Å². The first-order valence-corrected chi connectivity index (χ1v) is 8.67. The van der Waals surface area contributed by atoms with Crippen LogP contribution in [0.4, 0.5) is 0 Å². The number of hydrogen-bond acceptors (Lipinski definition) is 2. The smallest absolute Gasteiger partial charge is 0.150 e. The SMILES string of the molecule is O=S1(=O)CCC(C(Br)C2CCCCC2)C1. The van der Waals surface area contributed by atoms with Crippen molar-refractivity contribution in [2.75, 3.05) is 11.5 Å². The first-order valence-electron chi connectivity index (χ1n) is 5.93. The maximum absolute atomic E-state index is 11.4. The highest BCUT2D eigenvalue weighted by molar-refractivity contribution is 9.09. The molecule has 2 atom stereocenters. The van der Waals surface area contributed by atoms with Gasteiger partial charge in [-0.1, -0.05) is 35.2 Å². The Hall–Kier alpha value is 0.430. The van der Waals surface area contributed by atoms with Crippen molar-refractivity contribution in [1.82, 2.24) is 0 Å². The molecule has 4 heteroatoms. The second kappa shape index (κ2) is 4.74. The standard InChI is InChI=1S/C11H19BrO2S/c12-11(9-4-2-1-3-5-9)10-6-7-15(13,14)8-10/h9-11H,1-8H2. The van der Waals surface area contributed by atoms with Crippen LogP contribution in [0.25, 0.3) is 0 Å². The number of rotatable bonds is 2. The van der Waals surface area contributed by atoms with Crippen molar-refractivity contribution in [3.63, 3.8) is 0 Å². The molecule has 0 radical (unpaired) electrons. The average molecular weight is 295 g/mol. The molecule has 2 unspecified atom stereocenters. The van der Waals surface area contributed by atoms with E-state index in [0.29, 0.717) is 22.3 Å². The second-order valence-corrected chi connectivity index (χ2v) is 8.29. The average Bonchev–Trinajstić information content (AvgIpc) is 2.59. The molecule has 2 fully saturated rings. The fourth-order valence-electron chi connectivity index (χ4n) is 2.91. The highest BCUT2D eigenvalue weighted by Gasteiger charge is 2.36. The first-order chi connectivity index (χ1) is 7.08. The molecule has 15 heavy (non-hydrogen) atoms. The maximum Gasteiger partial charge on any atom is 0.150 e. The lowest BCUT2D eigenvalue weighted by molar-refractivity contribution is 0.313. The van der Waals surface area contributed by atoms with Gasteiger partial charge < -0.3 is 0 Å². The molecule has 0 spiro atoms. The van der Waals surface area contributed by atoms with Gasteiger partial charge in [-0.25, -0.2) is 8.42 Å². The highest BCUT2D eigenvalue weighted by atomic mass is 79.9. The van der Waals surface area contributed by atoms with Crippen LogP contribution < -0.4 is 0 Å². The quantitative estimate of drug-likeness (QED) is 0.734. The Morgan fingerprint density at radius 3 is 2.20 bits per heavy atom. The van der Waals surface area contributed by atoms with E-state index >= 15 is 0 Å². The van der Waals surface area contributed by atoms with Crippen molar-refractivity contribution in [3.8, 4) is 0 Å². The Bertz CT molecular complexity index is 307. The van der Waals surface area contributed by atoms with Crippen LogP contribution in [0.1, 0.15) is 38.5 Å². The summed E-state index contributed by atoms with van der Waals surface area (Å²) in [6.07, 6.45) is 7.45. The van der Waals surface area contributed by atoms with Crippen LogP contribution in [0.3, 0.4) is 0 Å². The summed E-state index contributed by atoms with van der Waals surface area (Å²) >= 11 is 3.75. The van der Waals surface area contributed by atoms with Gasteiger partial charge in [0.05, 0.1) is 11.5 Å². The fraction of sp³-hybridized carbons (Fsp3) is 1.00. The Balaban J connectivity index is 1.93. The van der Waals surface area contributed by atoms with Crippen LogP contribution >= 0.6 is 15.9 Å². The summed E-state index contributed by atoms with van der Waals surface area (Å²) in [5, 5.41) is 0. The van der Waals surface area contributed by atoms with Crippen molar-refractivity contribution < 1.29 is 8.42 Å². The number of hydrogen-bond donors (Lipinski definition) is 0. The van der Waals surface area contributed by atoms with Crippen LogP contribution in [-0.2, 0) is 9.84 Å². The van der Waals surface area contributed by atoms with Crippen molar-refractivity contribution >= 4 is 25.8 Å². The summed E-state index contributed by atoms with van der Waals surface area (Å²) in [6.45, 7) is 0. The third-order valence-electron chi connectivity index (χ3n) is 3.82. The number of alkyl halides is 1. The fourth-order valence-corrected chi connectivity index (χ4v) is 5.99.